The Morgan fingerprint density at radius 3 is 2.11 bits per heavy atom. The average Bonchev–Trinajstić information content (AvgIpc) is 3.04. The van der Waals surface area contributed by atoms with Crippen molar-refractivity contribution >= 4 is 35.7 Å². The van der Waals surface area contributed by atoms with E-state index in [1.807, 2.05) is 12.1 Å². The van der Waals surface area contributed by atoms with Crippen LogP contribution in [0.5, 0.6) is 11.5 Å². The minimum atomic E-state index is -1.03. The van der Waals surface area contributed by atoms with Crippen molar-refractivity contribution in [3.63, 3.8) is 0 Å². The number of methoxy groups -OCH3 is 2. The highest BCUT2D eigenvalue weighted by molar-refractivity contribution is 6.05. The molecule has 0 aliphatic rings. The Bertz CT molecular complexity index is 1520. The van der Waals surface area contributed by atoms with Gasteiger partial charge in [0.15, 0.2) is 11.5 Å². The predicted molar refractivity (Wildman–Crippen MR) is 162 cm³/mol. The van der Waals surface area contributed by atoms with Crippen LogP contribution in [0.25, 0.3) is 6.08 Å². The topological polar surface area (TPSA) is 149 Å². The lowest BCUT2D eigenvalue weighted by Crippen LogP contribution is -2.36. The lowest BCUT2D eigenvalue weighted by molar-refractivity contribution is -0.156. The number of esters is 2. The molecule has 11 heteroatoms. The van der Waals surface area contributed by atoms with Crippen LogP contribution in [0.2, 0.25) is 0 Å². The molecule has 0 unspecified atom stereocenters. The van der Waals surface area contributed by atoms with Crippen LogP contribution in [0, 0.1) is 0 Å². The Kier molecular flexibility index (Phi) is 12.9. The smallest absolute Gasteiger partial charge is 0.338 e. The number of nitrogens with one attached hydrogen (secondary N) is 3. The lowest BCUT2D eigenvalue weighted by atomic mass is 10.1. The van der Waals surface area contributed by atoms with Gasteiger partial charge >= 0.3 is 11.9 Å². The van der Waals surface area contributed by atoms with Crippen molar-refractivity contribution in [3.8, 4) is 11.5 Å². The van der Waals surface area contributed by atoms with Gasteiger partial charge < -0.3 is 30.2 Å². The largest absolute Gasteiger partial charge is 0.493 e. The van der Waals surface area contributed by atoms with Gasteiger partial charge in [0, 0.05) is 30.8 Å². The maximum Gasteiger partial charge on any atom is 0.338 e. The van der Waals surface area contributed by atoms with Crippen molar-refractivity contribution in [3.05, 3.63) is 113 Å². The maximum absolute atomic E-state index is 12.9. The number of rotatable bonds is 14. The third kappa shape index (κ3) is 10.9. The Morgan fingerprint density at radius 2 is 1.43 bits per heavy atom. The van der Waals surface area contributed by atoms with Crippen LogP contribution < -0.4 is 25.4 Å². The molecule has 0 spiro atoms. The highest BCUT2D eigenvalue weighted by Gasteiger charge is 2.16. The first kappa shape index (κ1) is 32.8. The van der Waals surface area contributed by atoms with Crippen LogP contribution in [0.3, 0.4) is 0 Å². The summed E-state index contributed by atoms with van der Waals surface area (Å²) in [5.74, 6) is -2.44. The van der Waals surface area contributed by atoms with E-state index in [-0.39, 0.29) is 18.7 Å². The third-order valence-electron chi connectivity index (χ3n) is 6.00. The van der Waals surface area contributed by atoms with Gasteiger partial charge in [-0.05, 0) is 47.9 Å². The molecule has 0 heterocycles. The molecule has 11 nitrogen and oxygen atoms in total. The first-order valence-corrected chi connectivity index (χ1v) is 13.6. The molecule has 0 aliphatic heterocycles. The van der Waals surface area contributed by atoms with Gasteiger partial charge in [-0.15, -0.1) is 0 Å². The summed E-state index contributed by atoms with van der Waals surface area (Å²) in [6.45, 7) is 0.122. The van der Waals surface area contributed by atoms with E-state index in [4.69, 9.17) is 9.47 Å². The zero-order chi connectivity index (χ0) is 31.7. The van der Waals surface area contributed by atoms with E-state index in [2.05, 4.69) is 20.7 Å². The normalized spacial score (nSPS) is 10.9. The monoisotopic (exact) mass is 599 g/mol. The number of hydrogen-bond donors (Lipinski definition) is 3. The molecular weight excluding hydrogens is 566 g/mol. The number of carbonyl (C=O) groups excluding carboxylic acids is 5. The van der Waals surface area contributed by atoms with Crippen LogP contribution in [0.4, 0.5) is 0 Å². The summed E-state index contributed by atoms with van der Waals surface area (Å²) in [5, 5.41) is 7.76. The zero-order valence-corrected chi connectivity index (χ0v) is 24.3. The highest BCUT2D eigenvalue weighted by Crippen LogP contribution is 2.27. The van der Waals surface area contributed by atoms with E-state index >= 15 is 0 Å². The van der Waals surface area contributed by atoms with Crippen molar-refractivity contribution < 1.29 is 38.2 Å². The summed E-state index contributed by atoms with van der Waals surface area (Å²) in [7, 11) is 3.07. The molecule has 0 saturated heterocycles. The van der Waals surface area contributed by atoms with Gasteiger partial charge in [-0.2, -0.15) is 0 Å². The molecule has 0 radical (unpaired) electrons. The standard InChI is InChI=1S/C33H33N3O8/c1-42-27-14-13-24(22-28(27)43-2)17-19-34-29(37)15-16-30(38)44-31(39)18-20-35-33(41)26(21-23-9-5-3-6-10-23)36-32(40)25-11-7-4-8-12-25/h3-16,21-22H,17-20H2,1-2H3,(H,34,37)(H,35,41)(H,36,40)/b16-15-,26-21?. The average molecular weight is 600 g/mol. The van der Waals surface area contributed by atoms with Crippen LogP contribution in [0.15, 0.2) is 96.7 Å². The molecule has 3 rings (SSSR count). The molecule has 3 amide bonds. The Labute approximate surface area is 254 Å². The number of carbonyl (C=O) groups is 5. The van der Waals surface area contributed by atoms with E-state index < -0.39 is 29.7 Å². The fourth-order valence-corrected chi connectivity index (χ4v) is 3.80. The number of amides is 3. The van der Waals surface area contributed by atoms with E-state index in [1.165, 1.54) is 20.3 Å². The molecule has 0 saturated carbocycles. The third-order valence-corrected chi connectivity index (χ3v) is 6.00. The predicted octanol–water partition coefficient (Wildman–Crippen LogP) is 2.97. The molecule has 0 bridgehead atoms. The molecule has 228 valence electrons. The van der Waals surface area contributed by atoms with E-state index in [0.717, 1.165) is 17.7 Å². The van der Waals surface area contributed by atoms with Crippen molar-refractivity contribution in [2.45, 2.75) is 12.8 Å². The Morgan fingerprint density at radius 1 is 0.750 bits per heavy atom. The number of benzene rings is 3. The summed E-state index contributed by atoms with van der Waals surface area (Å²) in [5.41, 5.74) is 1.91. The van der Waals surface area contributed by atoms with E-state index in [1.54, 1.807) is 66.7 Å². The van der Waals surface area contributed by atoms with Crippen molar-refractivity contribution in [2.24, 2.45) is 0 Å². The quantitative estimate of drug-likeness (QED) is 0.146. The Balaban J connectivity index is 1.43. The molecule has 0 fully saturated rings. The van der Waals surface area contributed by atoms with Gasteiger partial charge in [0.1, 0.15) is 5.70 Å². The second-order valence-corrected chi connectivity index (χ2v) is 9.15. The second-order valence-electron chi connectivity index (χ2n) is 9.15. The lowest BCUT2D eigenvalue weighted by Gasteiger charge is -2.11. The molecule has 0 atom stereocenters. The molecular formula is C33H33N3O8. The van der Waals surface area contributed by atoms with Gasteiger partial charge in [-0.25, -0.2) is 4.79 Å². The summed E-state index contributed by atoms with van der Waals surface area (Å²) in [6.07, 6.45) is 3.48. The summed E-state index contributed by atoms with van der Waals surface area (Å²) in [6, 6.07) is 22.7. The highest BCUT2D eigenvalue weighted by atomic mass is 16.6. The van der Waals surface area contributed by atoms with Gasteiger partial charge in [-0.3, -0.25) is 19.2 Å². The number of hydrogen-bond acceptors (Lipinski definition) is 8. The molecule has 44 heavy (non-hydrogen) atoms. The van der Waals surface area contributed by atoms with Crippen LogP contribution >= 0.6 is 0 Å². The van der Waals surface area contributed by atoms with Crippen molar-refractivity contribution in [1.29, 1.82) is 0 Å². The molecule has 3 aromatic rings. The van der Waals surface area contributed by atoms with Gasteiger partial charge in [0.2, 0.25) is 5.91 Å². The van der Waals surface area contributed by atoms with Gasteiger partial charge in [0.25, 0.3) is 11.8 Å². The zero-order valence-electron chi connectivity index (χ0n) is 24.3. The number of ether oxygens (including phenoxy) is 3. The van der Waals surface area contributed by atoms with Crippen LogP contribution in [-0.4, -0.2) is 57.0 Å². The summed E-state index contributed by atoms with van der Waals surface area (Å²) in [4.78, 5) is 61.6. The van der Waals surface area contributed by atoms with Gasteiger partial charge in [0.05, 0.1) is 20.6 Å². The minimum Gasteiger partial charge on any atom is -0.493 e. The van der Waals surface area contributed by atoms with Crippen LogP contribution in [0.1, 0.15) is 27.9 Å². The molecule has 3 aromatic carbocycles. The fraction of sp³-hybridized carbons (Fsp3) is 0.182. The van der Waals surface area contributed by atoms with Crippen molar-refractivity contribution in [1.82, 2.24) is 16.0 Å². The second kappa shape index (κ2) is 17.3. The first-order valence-electron chi connectivity index (χ1n) is 13.6. The van der Waals surface area contributed by atoms with E-state index in [9.17, 15) is 24.0 Å². The SMILES string of the molecule is COc1ccc(CCNC(=O)/C=C\C(=O)OC(=O)CCNC(=O)C(=Cc2ccccc2)NC(=O)c2ccccc2)cc1OC. The fourth-order valence-electron chi connectivity index (χ4n) is 3.80. The van der Waals surface area contributed by atoms with E-state index in [0.29, 0.717) is 35.6 Å². The summed E-state index contributed by atoms with van der Waals surface area (Å²) < 4.78 is 15.1. The minimum absolute atomic E-state index is 0.0328. The molecule has 0 aromatic heterocycles. The molecule has 0 aliphatic carbocycles. The van der Waals surface area contributed by atoms with Gasteiger partial charge in [-0.1, -0.05) is 54.6 Å². The molecule has 3 N–H and O–H groups in total. The first-order chi connectivity index (χ1) is 21.3. The van der Waals surface area contributed by atoms with Crippen molar-refractivity contribution in [2.75, 3.05) is 27.3 Å². The van der Waals surface area contributed by atoms with Crippen LogP contribution in [-0.2, 0) is 30.3 Å². The summed E-state index contributed by atoms with van der Waals surface area (Å²) >= 11 is 0. The Hall–Kier alpha value is -5.71. The maximum atomic E-state index is 12.9.